The maximum Gasteiger partial charge on any atom is 0.317 e. The summed E-state index contributed by atoms with van der Waals surface area (Å²) in [4.78, 5) is 14.7. The van der Waals surface area contributed by atoms with Crippen molar-refractivity contribution in [3.05, 3.63) is 48.0 Å². The molecule has 0 atom stereocenters. The highest BCUT2D eigenvalue weighted by Crippen LogP contribution is 2.19. The normalized spacial score (nSPS) is 11.4. The van der Waals surface area contributed by atoms with E-state index < -0.39 is 5.97 Å². The fourth-order valence-corrected chi connectivity index (χ4v) is 2.45. The summed E-state index contributed by atoms with van der Waals surface area (Å²) in [6.07, 6.45) is 0. The van der Waals surface area contributed by atoms with E-state index in [2.05, 4.69) is 54.4 Å². The van der Waals surface area contributed by atoms with Gasteiger partial charge in [-0.1, -0.05) is 42.5 Å². The van der Waals surface area contributed by atoms with E-state index in [0.29, 0.717) is 0 Å². The molecule has 0 heterocycles. The van der Waals surface area contributed by atoms with Crippen LogP contribution in [0.15, 0.2) is 42.5 Å². The Hall–Kier alpha value is -1.91. The maximum absolute atomic E-state index is 10.6. The molecule has 0 aliphatic rings. The van der Waals surface area contributed by atoms with E-state index in [-0.39, 0.29) is 6.54 Å². The van der Waals surface area contributed by atoms with E-state index in [0.717, 1.165) is 19.6 Å². The zero-order chi connectivity index (χ0) is 15.2. The number of hydrogen-bond donors (Lipinski definition) is 1. The first-order chi connectivity index (χ1) is 10.1. The topological polar surface area (TPSA) is 43.8 Å². The zero-order valence-electron chi connectivity index (χ0n) is 12.6. The Bertz CT molecular complexity index is 607. The Morgan fingerprint density at radius 3 is 2.43 bits per heavy atom. The summed E-state index contributed by atoms with van der Waals surface area (Å²) in [6, 6.07) is 14.7. The summed E-state index contributed by atoms with van der Waals surface area (Å²) in [7, 11) is 3.90. The molecule has 21 heavy (non-hydrogen) atoms. The van der Waals surface area contributed by atoms with Gasteiger partial charge < -0.3 is 10.0 Å². The molecule has 2 aromatic rings. The van der Waals surface area contributed by atoms with E-state index in [1.807, 2.05) is 11.9 Å². The molecule has 4 heteroatoms. The van der Waals surface area contributed by atoms with Gasteiger partial charge in [0.15, 0.2) is 0 Å². The van der Waals surface area contributed by atoms with Gasteiger partial charge in [0.05, 0.1) is 6.54 Å². The van der Waals surface area contributed by atoms with Crippen molar-refractivity contribution in [2.24, 2.45) is 0 Å². The molecule has 112 valence electrons. The van der Waals surface area contributed by atoms with Gasteiger partial charge in [0.2, 0.25) is 0 Å². The molecule has 0 unspecified atom stereocenters. The second-order valence-electron chi connectivity index (χ2n) is 5.51. The lowest BCUT2D eigenvalue weighted by atomic mass is 10.0. The Morgan fingerprint density at radius 1 is 1.00 bits per heavy atom. The second-order valence-corrected chi connectivity index (χ2v) is 5.51. The van der Waals surface area contributed by atoms with Gasteiger partial charge in [-0.2, -0.15) is 0 Å². The van der Waals surface area contributed by atoms with Crippen LogP contribution in [0.5, 0.6) is 0 Å². The lowest BCUT2D eigenvalue weighted by Crippen LogP contribution is -2.33. The molecule has 0 fully saturated rings. The summed E-state index contributed by atoms with van der Waals surface area (Å²) in [5, 5.41) is 11.3. The minimum atomic E-state index is -0.783. The average molecular weight is 286 g/mol. The van der Waals surface area contributed by atoms with E-state index in [1.54, 1.807) is 0 Å². The van der Waals surface area contributed by atoms with Gasteiger partial charge in [0.1, 0.15) is 0 Å². The molecule has 0 aromatic heterocycles. The minimum Gasteiger partial charge on any atom is -0.480 e. The number of carbonyl (C=O) groups is 1. The van der Waals surface area contributed by atoms with Gasteiger partial charge >= 0.3 is 5.97 Å². The number of likely N-dealkylation sites (N-methyl/N-ethyl adjacent to an activating group) is 2. The lowest BCUT2D eigenvalue weighted by molar-refractivity contribution is -0.138. The number of nitrogens with zero attached hydrogens (tertiary/aromatic N) is 2. The number of fused-ring (bicyclic) bond motifs is 1. The quantitative estimate of drug-likeness (QED) is 0.848. The van der Waals surface area contributed by atoms with Crippen LogP contribution in [0.4, 0.5) is 0 Å². The summed E-state index contributed by atoms with van der Waals surface area (Å²) in [5.41, 5.74) is 1.30. The highest BCUT2D eigenvalue weighted by atomic mass is 16.4. The van der Waals surface area contributed by atoms with Crippen LogP contribution in [-0.4, -0.2) is 54.6 Å². The van der Waals surface area contributed by atoms with Crippen LogP contribution < -0.4 is 0 Å². The van der Waals surface area contributed by atoms with Crippen LogP contribution in [0, 0.1) is 0 Å². The number of rotatable bonds is 7. The molecule has 0 aliphatic heterocycles. The molecule has 2 rings (SSSR count). The molecular formula is C17H22N2O2. The fourth-order valence-electron chi connectivity index (χ4n) is 2.45. The van der Waals surface area contributed by atoms with E-state index in [1.165, 1.54) is 16.3 Å². The van der Waals surface area contributed by atoms with Crippen molar-refractivity contribution in [2.45, 2.75) is 6.54 Å². The zero-order valence-corrected chi connectivity index (χ0v) is 12.6. The van der Waals surface area contributed by atoms with E-state index in [4.69, 9.17) is 5.11 Å². The predicted octanol–water partition coefficient (Wildman–Crippen LogP) is 2.29. The summed E-state index contributed by atoms with van der Waals surface area (Å²) >= 11 is 0. The number of aliphatic carboxylic acids is 1. The van der Waals surface area contributed by atoms with Gasteiger partial charge in [0, 0.05) is 19.6 Å². The van der Waals surface area contributed by atoms with Crippen molar-refractivity contribution in [1.82, 2.24) is 9.80 Å². The second kappa shape index (κ2) is 7.20. The number of hydrogen-bond acceptors (Lipinski definition) is 3. The first kappa shape index (κ1) is 15.5. The summed E-state index contributed by atoms with van der Waals surface area (Å²) in [5.74, 6) is -0.783. The van der Waals surface area contributed by atoms with Gasteiger partial charge in [-0.15, -0.1) is 0 Å². The molecule has 0 bridgehead atoms. The SMILES string of the molecule is CN(CCN(C)Cc1cccc2ccccc12)CC(=O)O. The lowest BCUT2D eigenvalue weighted by Gasteiger charge is -2.21. The van der Waals surface area contributed by atoms with Crippen LogP contribution in [0.25, 0.3) is 10.8 Å². The van der Waals surface area contributed by atoms with Crippen LogP contribution in [0.2, 0.25) is 0 Å². The number of benzene rings is 2. The maximum atomic E-state index is 10.6. The van der Waals surface area contributed by atoms with Crippen molar-refractivity contribution >= 4 is 16.7 Å². The third kappa shape index (κ3) is 4.55. The third-order valence-corrected chi connectivity index (χ3v) is 3.59. The highest BCUT2D eigenvalue weighted by Gasteiger charge is 2.07. The molecule has 0 saturated heterocycles. The Balaban J connectivity index is 1.95. The van der Waals surface area contributed by atoms with Crippen molar-refractivity contribution in [1.29, 1.82) is 0 Å². The van der Waals surface area contributed by atoms with Crippen LogP contribution in [0.3, 0.4) is 0 Å². The third-order valence-electron chi connectivity index (χ3n) is 3.59. The first-order valence-electron chi connectivity index (χ1n) is 7.12. The standard InChI is InChI=1S/C17H22N2O2/c1-18(10-11-19(2)13-17(20)21)12-15-8-5-7-14-6-3-4-9-16(14)15/h3-9H,10-13H2,1-2H3,(H,20,21). The first-order valence-corrected chi connectivity index (χ1v) is 7.12. The van der Waals surface area contributed by atoms with Crippen LogP contribution >= 0.6 is 0 Å². The molecule has 4 nitrogen and oxygen atoms in total. The fraction of sp³-hybridized carbons (Fsp3) is 0.353. The molecule has 2 aromatic carbocycles. The van der Waals surface area contributed by atoms with Crippen molar-refractivity contribution in [3.8, 4) is 0 Å². The van der Waals surface area contributed by atoms with Gasteiger partial charge in [0.25, 0.3) is 0 Å². The highest BCUT2D eigenvalue weighted by molar-refractivity contribution is 5.85. The predicted molar refractivity (Wildman–Crippen MR) is 85.4 cm³/mol. The monoisotopic (exact) mass is 286 g/mol. The summed E-state index contributed by atoms with van der Waals surface area (Å²) < 4.78 is 0. The molecule has 0 amide bonds. The molecule has 0 radical (unpaired) electrons. The number of carboxylic acids is 1. The van der Waals surface area contributed by atoms with E-state index in [9.17, 15) is 4.79 Å². The minimum absolute atomic E-state index is 0.0854. The molecule has 1 N–H and O–H groups in total. The van der Waals surface area contributed by atoms with Gasteiger partial charge in [-0.05, 0) is 30.4 Å². The molecule has 0 spiro atoms. The van der Waals surface area contributed by atoms with E-state index >= 15 is 0 Å². The summed E-state index contributed by atoms with van der Waals surface area (Å²) in [6.45, 7) is 2.53. The van der Waals surface area contributed by atoms with Crippen LogP contribution in [0.1, 0.15) is 5.56 Å². The van der Waals surface area contributed by atoms with Crippen LogP contribution in [-0.2, 0) is 11.3 Å². The number of carboxylic acid groups (broad SMARTS) is 1. The molecule has 0 aliphatic carbocycles. The molecule has 0 saturated carbocycles. The van der Waals surface area contributed by atoms with Crippen molar-refractivity contribution in [2.75, 3.05) is 33.7 Å². The van der Waals surface area contributed by atoms with Gasteiger partial charge in [-0.25, -0.2) is 0 Å². The van der Waals surface area contributed by atoms with Crippen molar-refractivity contribution in [3.63, 3.8) is 0 Å². The van der Waals surface area contributed by atoms with Crippen molar-refractivity contribution < 1.29 is 9.90 Å². The Kier molecular flexibility index (Phi) is 5.31. The molecular weight excluding hydrogens is 264 g/mol. The largest absolute Gasteiger partial charge is 0.480 e. The Morgan fingerprint density at radius 2 is 1.67 bits per heavy atom. The smallest absolute Gasteiger partial charge is 0.317 e. The van der Waals surface area contributed by atoms with Gasteiger partial charge in [-0.3, -0.25) is 9.69 Å². The Labute approximate surface area is 125 Å². The average Bonchev–Trinajstić information content (AvgIpc) is 2.45.